The molecule has 3 rings (SSSR count). The normalized spacial score (nSPS) is 11.2. The quantitative estimate of drug-likeness (QED) is 0.777. The largest absolute Gasteiger partial charge is 0.343 e. The second-order valence-corrected chi connectivity index (χ2v) is 5.15. The maximum Gasteiger partial charge on any atom is 0.129 e. The van der Waals surface area contributed by atoms with Crippen LogP contribution in [0.1, 0.15) is 11.1 Å². The summed E-state index contributed by atoms with van der Waals surface area (Å²) in [4.78, 5) is 0. The summed E-state index contributed by atoms with van der Waals surface area (Å²) in [5.41, 5.74) is 8.26. The summed E-state index contributed by atoms with van der Waals surface area (Å²) in [7, 11) is 0. The average molecular weight is 289 g/mol. The Balaban J connectivity index is 2.06. The third-order valence-corrected chi connectivity index (χ3v) is 3.82. The van der Waals surface area contributed by atoms with E-state index in [4.69, 9.17) is 17.3 Å². The summed E-state index contributed by atoms with van der Waals surface area (Å²) in [6, 6.07) is 12.8. The van der Waals surface area contributed by atoms with Crippen LogP contribution in [0.15, 0.2) is 48.7 Å². The zero-order valence-electron chi connectivity index (χ0n) is 10.8. The Morgan fingerprint density at radius 1 is 1.15 bits per heavy atom. The second kappa shape index (κ2) is 5.27. The number of hydrogen-bond acceptors (Lipinski definition) is 1. The van der Waals surface area contributed by atoms with E-state index in [0.717, 1.165) is 16.5 Å². The van der Waals surface area contributed by atoms with Gasteiger partial charge in [0.05, 0.1) is 6.54 Å². The van der Waals surface area contributed by atoms with Crippen LogP contribution in [-0.4, -0.2) is 4.57 Å². The molecule has 4 heteroatoms. The number of fused-ring (bicyclic) bond motifs is 1. The van der Waals surface area contributed by atoms with Gasteiger partial charge in [-0.25, -0.2) is 4.39 Å². The number of benzene rings is 2. The Kier molecular flexibility index (Phi) is 3.47. The summed E-state index contributed by atoms with van der Waals surface area (Å²) in [6.07, 6.45) is 1.94. The number of aromatic nitrogens is 1. The number of rotatable bonds is 3. The van der Waals surface area contributed by atoms with Crippen molar-refractivity contribution in [1.29, 1.82) is 0 Å². The van der Waals surface area contributed by atoms with Gasteiger partial charge in [-0.1, -0.05) is 29.8 Å². The number of nitrogens with two attached hydrogens (primary N) is 1. The molecule has 0 atom stereocenters. The van der Waals surface area contributed by atoms with E-state index in [1.807, 2.05) is 35.0 Å². The van der Waals surface area contributed by atoms with Crippen molar-refractivity contribution in [3.05, 3.63) is 70.6 Å². The minimum Gasteiger partial charge on any atom is -0.343 e. The molecular formula is C16H14ClFN2. The Bertz CT molecular complexity index is 744. The average Bonchev–Trinajstić information content (AvgIpc) is 2.85. The molecule has 0 radical (unpaired) electrons. The first kappa shape index (κ1) is 13.2. The fraction of sp³-hybridized carbons (Fsp3) is 0.125. The molecule has 0 saturated carbocycles. The van der Waals surface area contributed by atoms with Gasteiger partial charge in [-0.05, 0) is 35.2 Å². The van der Waals surface area contributed by atoms with Crippen molar-refractivity contribution >= 4 is 22.5 Å². The lowest BCUT2D eigenvalue weighted by atomic mass is 10.1. The predicted octanol–water partition coefficient (Wildman–Crippen LogP) is 3.94. The zero-order chi connectivity index (χ0) is 14.1. The van der Waals surface area contributed by atoms with E-state index >= 15 is 0 Å². The summed E-state index contributed by atoms with van der Waals surface area (Å²) < 4.78 is 15.9. The molecule has 20 heavy (non-hydrogen) atoms. The van der Waals surface area contributed by atoms with Crippen molar-refractivity contribution in [2.45, 2.75) is 13.1 Å². The SMILES string of the molecule is NCc1ccc2ccn(Cc3c(F)cccc3Cl)c2c1. The molecule has 0 aliphatic heterocycles. The first-order chi connectivity index (χ1) is 9.69. The van der Waals surface area contributed by atoms with E-state index < -0.39 is 0 Å². The zero-order valence-corrected chi connectivity index (χ0v) is 11.6. The number of hydrogen-bond donors (Lipinski definition) is 1. The third kappa shape index (κ3) is 2.30. The Labute approximate surface area is 121 Å². The molecular weight excluding hydrogens is 275 g/mol. The van der Waals surface area contributed by atoms with E-state index in [0.29, 0.717) is 23.7 Å². The smallest absolute Gasteiger partial charge is 0.129 e. The molecule has 2 N–H and O–H groups in total. The van der Waals surface area contributed by atoms with Crippen molar-refractivity contribution < 1.29 is 4.39 Å². The molecule has 1 aromatic heterocycles. The first-order valence-corrected chi connectivity index (χ1v) is 6.77. The van der Waals surface area contributed by atoms with E-state index in [2.05, 4.69) is 0 Å². The van der Waals surface area contributed by atoms with Crippen LogP contribution < -0.4 is 5.73 Å². The molecule has 0 spiro atoms. The molecule has 102 valence electrons. The summed E-state index contributed by atoms with van der Waals surface area (Å²) in [5.74, 6) is -0.283. The van der Waals surface area contributed by atoms with Crippen LogP contribution in [0.25, 0.3) is 10.9 Å². The lowest BCUT2D eigenvalue weighted by molar-refractivity contribution is 0.602. The van der Waals surface area contributed by atoms with Crippen molar-refractivity contribution in [3.63, 3.8) is 0 Å². The highest BCUT2D eigenvalue weighted by Gasteiger charge is 2.09. The lowest BCUT2D eigenvalue weighted by Crippen LogP contribution is -2.02. The van der Waals surface area contributed by atoms with E-state index in [9.17, 15) is 4.39 Å². The van der Waals surface area contributed by atoms with E-state index in [1.54, 1.807) is 12.1 Å². The number of nitrogens with zero attached hydrogens (tertiary/aromatic N) is 1. The summed E-state index contributed by atoms with van der Waals surface area (Å²) in [6.45, 7) is 0.893. The highest BCUT2D eigenvalue weighted by atomic mass is 35.5. The monoisotopic (exact) mass is 288 g/mol. The van der Waals surface area contributed by atoms with Gasteiger partial charge < -0.3 is 10.3 Å². The Morgan fingerprint density at radius 2 is 2.00 bits per heavy atom. The van der Waals surface area contributed by atoms with Gasteiger partial charge in [0.15, 0.2) is 0 Å². The van der Waals surface area contributed by atoms with Gasteiger partial charge in [0.2, 0.25) is 0 Å². The molecule has 0 fully saturated rings. The second-order valence-electron chi connectivity index (χ2n) is 4.74. The highest BCUT2D eigenvalue weighted by Crippen LogP contribution is 2.23. The standard InChI is InChI=1S/C16H14ClFN2/c17-14-2-1-3-15(18)13(14)10-20-7-6-12-5-4-11(9-19)8-16(12)20/h1-8H,9-10,19H2. The lowest BCUT2D eigenvalue weighted by Gasteiger charge is -2.09. The van der Waals surface area contributed by atoms with Gasteiger partial charge in [0.25, 0.3) is 0 Å². The maximum absolute atomic E-state index is 13.9. The van der Waals surface area contributed by atoms with Gasteiger partial charge in [0, 0.05) is 28.8 Å². The van der Waals surface area contributed by atoms with Crippen LogP contribution >= 0.6 is 11.6 Å². The topological polar surface area (TPSA) is 30.9 Å². The van der Waals surface area contributed by atoms with Crippen LogP contribution in [0.5, 0.6) is 0 Å². The minimum atomic E-state index is -0.283. The number of halogens is 2. The van der Waals surface area contributed by atoms with Crippen molar-refractivity contribution in [2.75, 3.05) is 0 Å². The molecule has 0 unspecified atom stereocenters. The molecule has 2 aromatic carbocycles. The molecule has 1 heterocycles. The van der Waals surface area contributed by atoms with Crippen molar-refractivity contribution in [3.8, 4) is 0 Å². The summed E-state index contributed by atoms with van der Waals surface area (Å²) >= 11 is 6.08. The van der Waals surface area contributed by atoms with Gasteiger partial charge in [-0.3, -0.25) is 0 Å². The van der Waals surface area contributed by atoms with E-state index in [-0.39, 0.29) is 5.82 Å². The summed E-state index contributed by atoms with van der Waals surface area (Å²) in [5, 5.41) is 1.55. The van der Waals surface area contributed by atoms with Crippen LogP contribution in [-0.2, 0) is 13.1 Å². The van der Waals surface area contributed by atoms with Crippen LogP contribution in [0, 0.1) is 5.82 Å². The fourth-order valence-corrected chi connectivity index (χ4v) is 2.57. The van der Waals surface area contributed by atoms with Gasteiger partial charge in [0.1, 0.15) is 5.82 Å². The molecule has 0 bridgehead atoms. The van der Waals surface area contributed by atoms with Gasteiger partial charge >= 0.3 is 0 Å². The molecule has 3 aromatic rings. The molecule has 0 aliphatic carbocycles. The van der Waals surface area contributed by atoms with Gasteiger partial charge in [-0.15, -0.1) is 0 Å². The minimum absolute atomic E-state index is 0.283. The highest BCUT2D eigenvalue weighted by molar-refractivity contribution is 6.31. The first-order valence-electron chi connectivity index (χ1n) is 6.40. The molecule has 0 saturated heterocycles. The van der Waals surface area contributed by atoms with Crippen molar-refractivity contribution in [1.82, 2.24) is 4.57 Å². The van der Waals surface area contributed by atoms with Crippen LogP contribution in [0.2, 0.25) is 5.02 Å². The molecule has 0 amide bonds. The predicted molar refractivity (Wildman–Crippen MR) is 80.3 cm³/mol. The third-order valence-electron chi connectivity index (χ3n) is 3.46. The Hall–Kier alpha value is -1.84. The van der Waals surface area contributed by atoms with Crippen LogP contribution in [0.4, 0.5) is 4.39 Å². The van der Waals surface area contributed by atoms with Gasteiger partial charge in [-0.2, -0.15) is 0 Å². The molecule has 0 aliphatic rings. The van der Waals surface area contributed by atoms with Crippen LogP contribution in [0.3, 0.4) is 0 Å². The molecule has 2 nitrogen and oxygen atoms in total. The maximum atomic E-state index is 13.9. The van der Waals surface area contributed by atoms with E-state index in [1.165, 1.54) is 6.07 Å². The Morgan fingerprint density at radius 3 is 2.75 bits per heavy atom. The van der Waals surface area contributed by atoms with Crippen molar-refractivity contribution in [2.24, 2.45) is 5.73 Å². The fourth-order valence-electron chi connectivity index (χ4n) is 2.35.